The van der Waals surface area contributed by atoms with Crippen molar-refractivity contribution in [1.29, 1.82) is 0 Å². The van der Waals surface area contributed by atoms with E-state index in [4.69, 9.17) is 24.3 Å². The van der Waals surface area contributed by atoms with Gasteiger partial charge in [-0.1, -0.05) is 53.6 Å². The van der Waals surface area contributed by atoms with Gasteiger partial charge in [0.15, 0.2) is 6.23 Å². The molecule has 1 aromatic heterocycles. The van der Waals surface area contributed by atoms with Gasteiger partial charge in [-0.2, -0.15) is 10.1 Å². The highest BCUT2D eigenvalue weighted by Gasteiger charge is 2.55. The van der Waals surface area contributed by atoms with Gasteiger partial charge >= 0.3 is 19.4 Å². The van der Waals surface area contributed by atoms with Crippen molar-refractivity contribution in [3.63, 3.8) is 0 Å². The number of nitrogens with zero attached hydrogens (tertiary/aromatic N) is 5. The first-order chi connectivity index (χ1) is 20.5. The first-order valence-electron chi connectivity index (χ1n) is 13.2. The third-order valence-corrected chi connectivity index (χ3v) is 8.41. The zero-order chi connectivity index (χ0) is 31.2. The van der Waals surface area contributed by atoms with E-state index in [9.17, 15) is 24.8 Å². The second-order valence-electron chi connectivity index (χ2n) is 9.97. The van der Waals surface area contributed by atoms with Crippen LogP contribution in [-0.2, 0) is 23.4 Å². The SMILES string of the molecule is C[C@H](NP(=O)(OC[C@H]1O[C@@H](n2ccc(N)nc2=O)[C@](C)(N=[N+]=[N-])[C@@H]1O)Oc1ccccc1)C(=O)O[C@@H](C)c1ccccc1. The van der Waals surface area contributed by atoms with E-state index in [0.29, 0.717) is 0 Å². The number of carbonyl (C=O) groups excluding carboxylic acids is 1. The first-order valence-corrected chi connectivity index (χ1v) is 14.8. The molecule has 0 spiro atoms. The van der Waals surface area contributed by atoms with Gasteiger partial charge in [-0.15, -0.1) is 0 Å². The minimum Gasteiger partial charge on any atom is -0.457 e. The number of nitrogens with one attached hydrogen (secondary N) is 1. The number of hydrogen-bond acceptors (Lipinski definition) is 11. The van der Waals surface area contributed by atoms with Crippen LogP contribution in [0.5, 0.6) is 5.75 Å². The summed E-state index contributed by atoms with van der Waals surface area (Å²) < 4.78 is 37.8. The summed E-state index contributed by atoms with van der Waals surface area (Å²) >= 11 is 0. The van der Waals surface area contributed by atoms with E-state index in [1.54, 1.807) is 37.3 Å². The molecule has 0 bridgehead atoms. The van der Waals surface area contributed by atoms with E-state index < -0.39 is 62.1 Å². The van der Waals surface area contributed by atoms with Crippen molar-refractivity contribution < 1.29 is 33.0 Å². The van der Waals surface area contributed by atoms with Gasteiger partial charge in [-0.05, 0) is 50.1 Å². The Labute approximate surface area is 246 Å². The van der Waals surface area contributed by atoms with Crippen molar-refractivity contribution >= 4 is 19.5 Å². The maximum Gasteiger partial charge on any atom is 0.459 e. The minimum absolute atomic E-state index is 0.0407. The Morgan fingerprint density at radius 3 is 2.51 bits per heavy atom. The topological polar surface area (TPSA) is 213 Å². The Morgan fingerprint density at radius 2 is 1.88 bits per heavy atom. The van der Waals surface area contributed by atoms with E-state index in [1.807, 2.05) is 18.2 Å². The van der Waals surface area contributed by atoms with Crippen LogP contribution in [0.25, 0.3) is 10.4 Å². The lowest BCUT2D eigenvalue weighted by Crippen LogP contribution is -2.45. The first kappa shape index (κ1) is 31.7. The van der Waals surface area contributed by atoms with Crippen LogP contribution < -0.4 is 21.0 Å². The highest BCUT2D eigenvalue weighted by molar-refractivity contribution is 7.52. The number of aliphatic hydroxyl groups excluding tert-OH is 1. The van der Waals surface area contributed by atoms with Crippen LogP contribution in [0.2, 0.25) is 0 Å². The van der Waals surface area contributed by atoms with Crippen molar-refractivity contribution in [3.8, 4) is 5.75 Å². The van der Waals surface area contributed by atoms with Gasteiger partial charge in [0.25, 0.3) is 0 Å². The standard InChI is InChI=1S/C27H32N7O8P/c1-17(24(36)40-18(2)19-10-6-4-7-11-19)31-43(38,42-20-12-8-5-9-13-20)39-16-21-23(35)27(3,32-33-29)25(41-21)34-15-14-22(28)30-26(34)37/h4-15,17-18,21,23,25,35H,16H2,1-3H3,(H,31,38)(H2,28,30,37)/t17-,18-,21+,23+,25+,27+,43?/m0/s1. The molecule has 15 nitrogen and oxygen atoms in total. The molecule has 43 heavy (non-hydrogen) atoms. The molecule has 7 atom stereocenters. The molecule has 1 aliphatic rings. The Hall–Kier alpha value is -4.23. The minimum atomic E-state index is -4.35. The van der Waals surface area contributed by atoms with Gasteiger partial charge in [0.2, 0.25) is 0 Å². The number of azide groups is 1. The Bertz CT molecular complexity index is 1570. The fraction of sp³-hybridized carbons (Fsp3) is 0.370. The van der Waals surface area contributed by atoms with Gasteiger partial charge in [0, 0.05) is 11.1 Å². The van der Waals surface area contributed by atoms with Crippen LogP contribution in [0, 0.1) is 0 Å². The quantitative estimate of drug-likeness (QED) is 0.0881. The van der Waals surface area contributed by atoms with Crippen molar-refractivity contribution in [3.05, 3.63) is 99.4 Å². The summed E-state index contributed by atoms with van der Waals surface area (Å²) in [7, 11) is -4.35. The lowest BCUT2D eigenvalue weighted by molar-refractivity contribution is -0.150. The molecular formula is C27H32N7O8P. The zero-order valence-corrected chi connectivity index (χ0v) is 24.5. The number of carbonyl (C=O) groups is 1. The number of ether oxygens (including phenoxy) is 2. The summed E-state index contributed by atoms with van der Waals surface area (Å²) in [6.45, 7) is 3.95. The monoisotopic (exact) mass is 613 g/mol. The second kappa shape index (κ2) is 13.4. The van der Waals surface area contributed by atoms with E-state index >= 15 is 0 Å². The van der Waals surface area contributed by atoms with Gasteiger partial charge in [-0.3, -0.25) is 13.9 Å². The summed E-state index contributed by atoms with van der Waals surface area (Å²) in [5.41, 5.74) is 13.0. The van der Waals surface area contributed by atoms with Crippen molar-refractivity contribution in [2.75, 3.05) is 12.3 Å². The number of para-hydroxylation sites is 1. The molecule has 4 rings (SSSR count). The van der Waals surface area contributed by atoms with Crippen molar-refractivity contribution in [2.24, 2.45) is 5.11 Å². The van der Waals surface area contributed by atoms with Crippen molar-refractivity contribution in [1.82, 2.24) is 14.6 Å². The molecule has 2 heterocycles. The zero-order valence-electron chi connectivity index (χ0n) is 23.6. The molecule has 0 aliphatic carbocycles. The molecule has 2 aromatic carbocycles. The third kappa shape index (κ3) is 7.41. The fourth-order valence-corrected chi connectivity index (χ4v) is 5.93. The smallest absolute Gasteiger partial charge is 0.457 e. The number of rotatable bonds is 12. The number of nitrogens with two attached hydrogens (primary N) is 1. The highest BCUT2D eigenvalue weighted by atomic mass is 31.2. The van der Waals surface area contributed by atoms with Gasteiger partial charge in [-0.25, -0.2) is 9.36 Å². The summed E-state index contributed by atoms with van der Waals surface area (Å²) in [5, 5.41) is 17.4. The Balaban J connectivity index is 1.53. The van der Waals surface area contributed by atoms with Crippen molar-refractivity contribution in [2.45, 2.75) is 56.9 Å². The number of aromatic nitrogens is 2. The molecule has 1 saturated heterocycles. The summed E-state index contributed by atoms with van der Waals surface area (Å²) in [5.74, 6) is -0.595. The molecule has 1 aliphatic heterocycles. The molecule has 4 N–H and O–H groups in total. The van der Waals surface area contributed by atoms with Crippen LogP contribution in [-0.4, -0.2) is 51.0 Å². The lowest BCUT2D eigenvalue weighted by Gasteiger charge is -2.28. The van der Waals surface area contributed by atoms with Gasteiger partial charge in [0.1, 0.15) is 35.4 Å². The molecule has 228 valence electrons. The highest BCUT2D eigenvalue weighted by Crippen LogP contribution is 2.47. The average molecular weight is 614 g/mol. The van der Waals surface area contributed by atoms with Crippen LogP contribution in [0.3, 0.4) is 0 Å². The largest absolute Gasteiger partial charge is 0.459 e. The normalized spacial score (nSPS) is 24.2. The summed E-state index contributed by atoms with van der Waals surface area (Å²) in [6, 6.07) is 17.4. The fourth-order valence-electron chi connectivity index (χ4n) is 4.43. The molecule has 3 aromatic rings. The van der Waals surface area contributed by atoms with Crippen LogP contribution in [0.1, 0.15) is 38.7 Å². The number of aliphatic hydroxyl groups is 1. The van der Waals surface area contributed by atoms with Gasteiger partial charge in [0.05, 0.1) is 12.7 Å². The predicted octanol–water partition coefficient (Wildman–Crippen LogP) is 3.64. The maximum atomic E-state index is 14.0. The van der Waals surface area contributed by atoms with Crippen LogP contribution >= 0.6 is 7.75 Å². The second-order valence-corrected chi connectivity index (χ2v) is 11.7. The third-order valence-electron chi connectivity index (χ3n) is 6.76. The predicted molar refractivity (Wildman–Crippen MR) is 155 cm³/mol. The number of nitrogen functional groups attached to an aromatic ring is 1. The van der Waals surface area contributed by atoms with E-state index in [1.165, 1.54) is 38.2 Å². The molecular weight excluding hydrogens is 581 g/mol. The van der Waals surface area contributed by atoms with E-state index in [0.717, 1.165) is 10.1 Å². The summed E-state index contributed by atoms with van der Waals surface area (Å²) in [6.07, 6.45) is -3.41. The molecule has 0 radical (unpaired) electrons. The average Bonchev–Trinajstić information content (AvgIpc) is 3.22. The molecule has 1 unspecified atom stereocenters. The number of hydrogen-bond donors (Lipinski definition) is 3. The molecule has 16 heteroatoms. The number of anilines is 1. The number of benzene rings is 2. The molecule has 1 fully saturated rings. The summed E-state index contributed by atoms with van der Waals surface area (Å²) in [4.78, 5) is 31.9. The molecule has 0 amide bonds. The Morgan fingerprint density at radius 1 is 1.23 bits per heavy atom. The maximum absolute atomic E-state index is 14.0. The number of esters is 1. The molecule has 0 saturated carbocycles. The van der Waals surface area contributed by atoms with Crippen LogP contribution in [0.4, 0.5) is 5.82 Å². The van der Waals surface area contributed by atoms with E-state index in [-0.39, 0.29) is 11.6 Å². The lowest BCUT2D eigenvalue weighted by atomic mass is 9.93. The van der Waals surface area contributed by atoms with Crippen LogP contribution in [0.15, 0.2) is 82.8 Å². The van der Waals surface area contributed by atoms with Gasteiger partial charge < -0.3 is 24.8 Å². The van der Waals surface area contributed by atoms with E-state index in [2.05, 4.69) is 20.1 Å². The Kier molecular flexibility index (Phi) is 9.87.